The van der Waals surface area contributed by atoms with E-state index in [2.05, 4.69) is 60.6 Å². The molecule has 0 radical (unpaired) electrons. The van der Waals surface area contributed by atoms with Gasteiger partial charge >= 0.3 is 5.69 Å². The van der Waals surface area contributed by atoms with Gasteiger partial charge in [-0.05, 0) is 59.7 Å². The maximum Gasteiger partial charge on any atom is 0.348 e. The van der Waals surface area contributed by atoms with Gasteiger partial charge < -0.3 is 29.8 Å². The maximum atomic E-state index is 14.1. The number of nitrogens with one attached hydrogen (secondary N) is 1. The number of aryl methyl sites for hydroxylation is 1. The second kappa shape index (κ2) is 17.7. The highest BCUT2D eigenvalue weighted by Crippen LogP contribution is 2.38. The van der Waals surface area contributed by atoms with Crippen molar-refractivity contribution in [3.63, 3.8) is 0 Å². The highest BCUT2D eigenvalue weighted by Gasteiger charge is 2.35. The number of H-pyrrole nitrogens is 1. The van der Waals surface area contributed by atoms with Crippen LogP contribution in [0.2, 0.25) is 5.02 Å². The normalized spacial score (nSPS) is 16.8. The standard InChI is InChI=1S/C47H47ClFN11O4/c1-3-31-24-36(41(62)25-40(31)61)44-53-54-47(64)60(44)33-12-10-30(11-13-33)26-55-18-20-56(21-19-55)46-51-38-28-57(39-9-5-7-32-6-4-8-37(48)42(32)39)17-15-35(38)43(52-46)58-22-23-59(45(63)29(2)49)34(27-58)14-16-50/h4-13,24-25,34,61-62H,2-3,14-15,17-23,26-28H2,1H3,(H,54,64). The number of carbonyl (C=O) groups excluding carboxylic acids is 1. The Morgan fingerprint density at radius 2 is 1.70 bits per heavy atom. The molecule has 64 heavy (non-hydrogen) atoms. The summed E-state index contributed by atoms with van der Waals surface area (Å²) in [5, 5.41) is 40.0. The molecule has 0 bridgehead atoms. The number of phenols is 2. The lowest BCUT2D eigenvalue weighted by molar-refractivity contribution is -0.131. The van der Waals surface area contributed by atoms with E-state index in [9.17, 15) is 29.5 Å². The van der Waals surface area contributed by atoms with Crippen molar-refractivity contribution in [1.29, 1.82) is 5.26 Å². The Balaban J connectivity index is 0.951. The van der Waals surface area contributed by atoms with Crippen molar-refractivity contribution in [2.75, 3.05) is 67.1 Å². The van der Waals surface area contributed by atoms with E-state index in [4.69, 9.17) is 21.6 Å². The van der Waals surface area contributed by atoms with Crippen molar-refractivity contribution in [3.8, 4) is 34.6 Å². The second-order valence-electron chi connectivity index (χ2n) is 16.4. The number of anilines is 3. The van der Waals surface area contributed by atoms with E-state index in [0.717, 1.165) is 52.2 Å². The van der Waals surface area contributed by atoms with Crippen molar-refractivity contribution in [1.82, 2.24) is 34.5 Å². The molecule has 1 unspecified atom stereocenters. The highest BCUT2D eigenvalue weighted by molar-refractivity contribution is 6.36. The summed E-state index contributed by atoms with van der Waals surface area (Å²) in [6, 6.07) is 24.3. The summed E-state index contributed by atoms with van der Waals surface area (Å²) in [4.78, 5) is 46.6. The number of amides is 1. The minimum atomic E-state index is -1.04. The number of benzene rings is 4. The molecule has 15 nitrogen and oxygen atoms in total. The first-order valence-corrected chi connectivity index (χ1v) is 21.8. The van der Waals surface area contributed by atoms with E-state index >= 15 is 0 Å². The number of piperazine rings is 2. The predicted molar refractivity (Wildman–Crippen MR) is 244 cm³/mol. The molecule has 3 aliphatic rings. The largest absolute Gasteiger partial charge is 0.508 e. The number of nitrogens with zero attached hydrogens (tertiary/aromatic N) is 10. The maximum absolute atomic E-state index is 14.1. The van der Waals surface area contributed by atoms with Crippen LogP contribution in [0.4, 0.5) is 21.8 Å². The third-order valence-corrected chi connectivity index (χ3v) is 12.9. The molecule has 2 aromatic heterocycles. The first-order valence-electron chi connectivity index (χ1n) is 21.4. The van der Waals surface area contributed by atoms with Gasteiger partial charge in [0.25, 0.3) is 5.91 Å². The molecule has 1 atom stereocenters. The minimum Gasteiger partial charge on any atom is -0.508 e. The number of aromatic nitrogens is 5. The highest BCUT2D eigenvalue weighted by atomic mass is 35.5. The van der Waals surface area contributed by atoms with Crippen molar-refractivity contribution in [2.45, 2.75) is 45.3 Å². The molecule has 328 valence electrons. The zero-order valence-corrected chi connectivity index (χ0v) is 36.1. The molecule has 3 aliphatic heterocycles. The number of fused-ring (bicyclic) bond motifs is 2. The average Bonchev–Trinajstić information content (AvgIpc) is 3.69. The number of carbonyl (C=O) groups is 1. The van der Waals surface area contributed by atoms with Crippen LogP contribution < -0.4 is 20.4 Å². The number of hydrogen-bond donors (Lipinski definition) is 3. The summed E-state index contributed by atoms with van der Waals surface area (Å²) in [6.45, 7) is 10.8. The van der Waals surface area contributed by atoms with Gasteiger partial charge in [-0.1, -0.05) is 61.5 Å². The quantitative estimate of drug-likeness (QED) is 0.135. The Morgan fingerprint density at radius 3 is 2.44 bits per heavy atom. The van der Waals surface area contributed by atoms with Gasteiger partial charge in [-0.3, -0.25) is 9.69 Å². The molecule has 2 saturated heterocycles. The molecule has 5 heterocycles. The predicted octanol–water partition coefficient (Wildman–Crippen LogP) is 6.10. The van der Waals surface area contributed by atoms with Gasteiger partial charge in [0.15, 0.2) is 11.7 Å². The van der Waals surface area contributed by atoms with Gasteiger partial charge in [0.2, 0.25) is 5.95 Å². The number of nitriles is 1. The summed E-state index contributed by atoms with van der Waals surface area (Å²) >= 11 is 6.79. The Morgan fingerprint density at radius 1 is 0.953 bits per heavy atom. The average molecular weight is 884 g/mol. The summed E-state index contributed by atoms with van der Waals surface area (Å²) in [6.07, 6.45) is 1.24. The van der Waals surface area contributed by atoms with Gasteiger partial charge in [-0.25, -0.2) is 23.8 Å². The van der Waals surface area contributed by atoms with Gasteiger partial charge in [-0.2, -0.15) is 15.3 Å². The Hall–Kier alpha value is -6.96. The van der Waals surface area contributed by atoms with E-state index in [-0.39, 0.29) is 30.3 Å². The van der Waals surface area contributed by atoms with Crippen LogP contribution in [0.15, 0.2) is 90.0 Å². The smallest absolute Gasteiger partial charge is 0.348 e. The van der Waals surface area contributed by atoms with Crippen molar-refractivity contribution in [2.24, 2.45) is 0 Å². The number of aromatic hydroxyl groups is 2. The van der Waals surface area contributed by atoms with Crippen LogP contribution in [-0.4, -0.2) is 109 Å². The molecule has 9 rings (SSSR count). The first kappa shape index (κ1) is 42.3. The van der Waals surface area contributed by atoms with Crippen molar-refractivity contribution < 1.29 is 19.4 Å². The number of rotatable bonds is 10. The number of hydrogen-bond acceptors (Lipinski definition) is 12. The SMILES string of the molecule is C=C(F)C(=O)N1CCN(c2nc(N3CCN(Cc4ccc(-n5c(-c6cc(CC)c(O)cc6O)n[nH]c5=O)cc4)CC3)nc3c2CCN(c2cccc4cccc(Cl)c24)C3)CC1CC#N. The third kappa shape index (κ3) is 8.08. The molecule has 4 aromatic carbocycles. The van der Waals surface area contributed by atoms with Crippen LogP contribution in [-0.2, 0) is 30.7 Å². The first-order chi connectivity index (χ1) is 31.0. The number of phenolic OH excluding ortho intramolecular Hbond substituents is 2. The summed E-state index contributed by atoms with van der Waals surface area (Å²) in [5.41, 5.74) is 5.09. The van der Waals surface area contributed by atoms with Crippen LogP contribution in [0.5, 0.6) is 11.5 Å². The van der Waals surface area contributed by atoms with E-state index in [1.165, 1.54) is 15.5 Å². The van der Waals surface area contributed by atoms with E-state index in [1.807, 2.05) is 49.4 Å². The number of aromatic amines is 1. The third-order valence-electron chi connectivity index (χ3n) is 12.6. The van der Waals surface area contributed by atoms with Crippen molar-refractivity contribution >= 4 is 45.7 Å². The van der Waals surface area contributed by atoms with Crippen molar-refractivity contribution in [3.05, 3.63) is 123 Å². The van der Waals surface area contributed by atoms with E-state index < -0.39 is 23.5 Å². The lowest BCUT2D eigenvalue weighted by Gasteiger charge is -2.43. The molecule has 0 saturated carbocycles. The Bertz CT molecular complexity index is 2860. The van der Waals surface area contributed by atoms with Gasteiger partial charge in [0.1, 0.15) is 17.3 Å². The fourth-order valence-electron chi connectivity index (χ4n) is 9.21. The molecule has 6 aromatic rings. The Kier molecular flexibility index (Phi) is 11.7. The van der Waals surface area contributed by atoms with Gasteiger partial charge in [0.05, 0.1) is 47.0 Å². The van der Waals surface area contributed by atoms with E-state index in [1.54, 1.807) is 6.07 Å². The van der Waals surface area contributed by atoms with Gasteiger partial charge in [-0.15, -0.1) is 0 Å². The molecule has 17 heteroatoms. The summed E-state index contributed by atoms with van der Waals surface area (Å²) < 4.78 is 15.5. The van der Waals surface area contributed by atoms with Crippen LogP contribution in [0, 0.1) is 11.3 Å². The molecular formula is C47H47ClFN11O4. The fraction of sp³-hybridized carbons (Fsp3) is 0.319. The summed E-state index contributed by atoms with van der Waals surface area (Å²) in [7, 11) is 0. The second-order valence-corrected chi connectivity index (χ2v) is 16.8. The van der Waals surface area contributed by atoms with Gasteiger partial charge in [0, 0.05) is 81.6 Å². The molecule has 0 aliphatic carbocycles. The van der Waals surface area contributed by atoms with Crippen LogP contribution in [0.25, 0.3) is 27.8 Å². The monoisotopic (exact) mass is 883 g/mol. The summed E-state index contributed by atoms with van der Waals surface area (Å²) in [5.74, 6) is -0.411. The van der Waals surface area contributed by atoms with Crippen LogP contribution in [0.3, 0.4) is 0 Å². The minimum absolute atomic E-state index is 0.0208. The lowest BCUT2D eigenvalue weighted by Crippen LogP contribution is -2.56. The molecular weight excluding hydrogens is 837 g/mol. The van der Waals surface area contributed by atoms with Crippen LogP contribution in [0.1, 0.15) is 35.7 Å². The van der Waals surface area contributed by atoms with E-state index in [0.29, 0.717) is 86.4 Å². The van der Waals surface area contributed by atoms with Crippen LogP contribution >= 0.6 is 11.6 Å². The molecule has 0 spiro atoms. The lowest BCUT2D eigenvalue weighted by atomic mass is 10.0. The zero-order chi connectivity index (χ0) is 44.6. The zero-order valence-electron chi connectivity index (χ0n) is 35.3. The molecule has 2 fully saturated rings. The Labute approximate surface area is 373 Å². The molecule has 3 N–H and O–H groups in total. The number of halogens is 2. The molecule has 1 amide bonds. The fourth-order valence-corrected chi connectivity index (χ4v) is 9.49. The topological polar surface area (TPSA) is 174 Å².